The lowest BCUT2D eigenvalue weighted by Gasteiger charge is -2.17. The van der Waals surface area contributed by atoms with Gasteiger partial charge in [-0.1, -0.05) is 95.6 Å². The molecule has 11 heteroatoms. The lowest BCUT2D eigenvalue weighted by atomic mass is 10.2. The molecule has 0 saturated heterocycles. The molecule has 0 fully saturated rings. The Morgan fingerprint density at radius 1 is 0.640 bits per heavy atom. The molecule has 0 heterocycles. The number of benzene rings is 2. The molecule has 4 N–H and O–H groups in total. The van der Waals surface area contributed by atoms with Crippen LogP contribution in [0.5, 0.6) is 0 Å². The number of sulfone groups is 1. The van der Waals surface area contributed by atoms with Gasteiger partial charge in [0, 0.05) is 11.4 Å². The molecule has 0 aliphatic heterocycles. The Hall–Kier alpha value is 0.870. The predicted octanol–water partition coefficient (Wildman–Crippen LogP) is 6.27. The second-order valence-corrected chi connectivity index (χ2v) is 20.6. The predicted molar refractivity (Wildman–Crippen MR) is 124 cm³/mol. The SMILES string of the molecule is Nc1cc(C(Br)(Br)Br)cc(S(=O)(=O)c2cc(N)cc(C(Br)(Br)Br)c2)c1. The Morgan fingerprint density at radius 2 is 0.960 bits per heavy atom. The summed E-state index contributed by atoms with van der Waals surface area (Å²) in [6.07, 6.45) is 0. The van der Waals surface area contributed by atoms with E-state index in [1.807, 2.05) is 0 Å². The van der Waals surface area contributed by atoms with Crippen LogP contribution in [0.25, 0.3) is 0 Å². The van der Waals surface area contributed by atoms with E-state index in [4.69, 9.17) is 11.5 Å². The smallest absolute Gasteiger partial charge is 0.206 e. The van der Waals surface area contributed by atoms with Crippen LogP contribution in [0, 0.1) is 0 Å². The van der Waals surface area contributed by atoms with Crippen molar-refractivity contribution in [1.29, 1.82) is 0 Å². The molecule has 0 bridgehead atoms. The second kappa shape index (κ2) is 7.71. The monoisotopic (exact) mass is 744 g/mol. The minimum absolute atomic E-state index is 0.0612. The minimum Gasteiger partial charge on any atom is -0.399 e. The van der Waals surface area contributed by atoms with Gasteiger partial charge in [-0.05, 0) is 47.5 Å². The maximum absolute atomic E-state index is 13.1. The maximum Gasteiger partial charge on any atom is 0.206 e. The lowest BCUT2D eigenvalue weighted by Crippen LogP contribution is -2.09. The fraction of sp³-hybridized carbons (Fsp3) is 0.143. The van der Waals surface area contributed by atoms with Crippen LogP contribution in [0.15, 0.2) is 46.2 Å². The van der Waals surface area contributed by atoms with Crippen molar-refractivity contribution in [2.75, 3.05) is 11.5 Å². The van der Waals surface area contributed by atoms with E-state index >= 15 is 0 Å². The van der Waals surface area contributed by atoms with E-state index in [9.17, 15) is 8.42 Å². The Bertz CT molecular complexity index is 850. The largest absolute Gasteiger partial charge is 0.399 e. The van der Waals surface area contributed by atoms with Crippen LogP contribution >= 0.6 is 95.6 Å². The van der Waals surface area contributed by atoms with Gasteiger partial charge < -0.3 is 11.5 Å². The van der Waals surface area contributed by atoms with Crippen molar-refractivity contribution in [2.24, 2.45) is 0 Å². The van der Waals surface area contributed by atoms with Crippen molar-refractivity contribution in [1.82, 2.24) is 0 Å². The van der Waals surface area contributed by atoms with Crippen LogP contribution in [0.3, 0.4) is 0 Å². The molecule has 0 aliphatic carbocycles. The van der Waals surface area contributed by atoms with E-state index in [0.717, 1.165) is 0 Å². The summed E-state index contributed by atoms with van der Waals surface area (Å²) in [5.41, 5.74) is 13.6. The molecule has 4 nitrogen and oxygen atoms in total. The first-order chi connectivity index (χ1) is 11.2. The molecule has 0 amide bonds. The highest BCUT2D eigenvalue weighted by atomic mass is 80.0. The molecule has 0 aliphatic rings. The first-order valence-electron chi connectivity index (χ1n) is 6.42. The fourth-order valence-corrected chi connectivity index (χ4v) is 4.81. The molecule has 0 aromatic heterocycles. The van der Waals surface area contributed by atoms with Gasteiger partial charge in [0.15, 0.2) is 4.29 Å². The van der Waals surface area contributed by atoms with E-state index in [2.05, 4.69) is 95.6 Å². The Morgan fingerprint density at radius 3 is 1.24 bits per heavy atom. The second-order valence-electron chi connectivity index (χ2n) is 5.08. The third-order valence-electron chi connectivity index (χ3n) is 3.13. The fourth-order valence-electron chi connectivity index (χ4n) is 2.02. The number of alkyl halides is 6. The summed E-state index contributed by atoms with van der Waals surface area (Å²) in [4.78, 5) is 0.122. The van der Waals surface area contributed by atoms with Gasteiger partial charge in [-0.15, -0.1) is 0 Å². The number of anilines is 2. The zero-order valence-electron chi connectivity index (χ0n) is 12.1. The van der Waals surface area contributed by atoms with Crippen LogP contribution in [-0.2, 0) is 14.1 Å². The minimum atomic E-state index is -3.83. The highest BCUT2D eigenvalue weighted by Crippen LogP contribution is 2.47. The van der Waals surface area contributed by atoms with E-state index in [1.54, 1.807) is 12.1 Å². The first kappa shape index (κ1) is 22.2. The topological polar surface area (TPSA) is 86.2 Å². The normalized spacial score (nSPS) is 13.0. The molecule has 0 radical (unpaired) electrons. The average molecular weight is 750 g/mol. The highest BCUT2D eigenvalue weighted by Gasteiger charge is 2.28. The van der Waals surface area contributed by atoms with Gasteiger partial charge in [0.1, 0.15) is 0 Å². The Kier molecular flexibility index (Phi) is 6.84. The number of rotatable bonds is 2. The lowest BCUT2D eigenvalue weighted by molar-refractivity contribution is 0.596. The Labute approximate surface area is 196 Å². The van der Waals surface area contributed by atoms with Gasteiger partial charge in [0.05, 0.1) is 9.79 Å². The zero-order valence-corrected chi connectivity index (χ0v) is 22.4. The highest BCUT2D eigenvalue weighted by molar-refractivity contribution is 9.39. The number of halogens is 6. The quantitative estimate of drug-likeness (QED) is 0.280. The van der Waals surface area contributed by atoms with Crippen molar-refractivity contribution in [3.63, 3.8) is 0 Å². The summed E-state index contributed by atoms with van der Waals surface area (Å²) < 4.78 is 24.6. The van der Waals surface area contributed by atoms with Crippen LogP contribution < -0.4 is 11.5 Å². The summed E-state index contributed by atoms with van der Waals surface area (Å²) in [6, 6.07) is 9.17. The number of hydrogen-bond donors (Lipinski definition) is 2. The van der Waals surface area contributed by atoms with Crippen LogP contribution in [0.2, 0.25) is 0 Å². The molecule has 0 unspecified atom stereocenters. The van der Waals surface area contributed by atoms with Crippen molar-refractivity contribution in [3.8, 4) is 0 Å². The Balaban J connectivity index is 2.68. The zero-order chi connectivity index (χ0) is 19.2. The standard InChI is InChI=1S/C14H10Br6N2O2S/c15-13(16,17)7-1-9(21)5-11(3-7)25(23,24)12-4-8(14(18,19)20)2-10(22)6-12/h1-6H,21-22H2. The summed E-state index contributed by atoms with van der Waals surface area (Å²) in [5.74, 6) is 0. The van der Waals surface area contributed by atoms with Gasteiger partial charge in [-0.25, -0.2) is 8.42 Å². The molecule has 2 aromatic rings. The molecule has 0 saturated carbocycles. The summed E-state index contributed by atoms with van der Waals surface area (Å²) >= 11 is 20.2. The van der Waals surface area contributed by atoms with Gasteiger partial charge in [0.2, 0.25) is 9.84 Å². The number of nitrogens with two attached hydrogens (primary N) is 2. The third kappa shape index (κ3) is 5.45. The third-order valence-corrected chi connectivity index (χ3v) is 7.59. The summed E-state index contributed by atoms with van der Waals surface area (Å²) in [5, 5.41) is 0. The van der Waals surface area contributed by atoms with Crippen molar-refractivity contribution >= 4 is 117 Å². The molecule has 0 spiro atoms. The number of hydrogen-bond acceptors (Lipinski definition) is 4. The number of nitrogen functional groups attached to an aromatic ring is 2. The molecule has 2 rings (SSSR count). The van der Waals surface area contributed by atoms with Gasteiger partial charge in [-0.2, -0.15) is 0 Å². The summed E-state index contributed by atoms with van der Waals surface area (Å²) in [6.45, 7) is 0. The van der Waals surface area contributed by atoms with E-state index in [0.29, 0.717) is 22.5 Å². The van der Waals surface area contributed by atoms with Gasteiger partial charge in [0.25, 0.3) is 0 Å². The van der Waals surface area contributed by atoms with Crippen molar-refractivity contribution in [2.45, 2.75) is 14.1 Å². The molecule has 136 valence electrons. The maximum atomic E-state index is 13.1. The van der Waals surface area contributed by atoms with Gasteiger partial charge in [-0.3, -0.25) is 0 Å². The first-order valence-corrected chi connectivity index (χ1v) is 12.7. The van der Waals surface area contributed by atoms with Crippen LogP contribution in [0.1, 0.15) is 11.1 Å². The van der Waals surface area contributed by atoms with Crippen LogP contribution in [0.4, 0.5) is 11.4 Å². The molecule has 2 aromatic carbocycles. The van der Waals surface area contributed by atoms with E-state index in [-0.39, 0.29) is 9.79 Å². The van der Waals surface area contributed by atoms with E-state index in [1.165, 1.54) is 24.3 Å². The van der Waals surface area contributed by atoms with Crippen molar-refractivity contribution < 1.29 is 8.42 Å². The van der Waals surface area contributed by atoms with E-state index < -0.39 is 14.1 Å². The van der Waals surface area contributed by atoms with Gasteiger partial charge >= 0.3 is 0 Å². The molecular formula is C14H10Br6N2O2S. The molecule has 0 atom stereocenters. The molecular weight excluding hydrogens is 740 g/mol. The van der Waals surface area contributed by atoms with Crippen molar-refractivity contribution in [3.05, 3.63) is 47.5 Å². The van der Waals surface area contributed by atoms with Crippen LogP contribution in [-0.4, -0.2) is 8.42 Å². The summed E-state index contributed by atoms with van der Waals surface area (Å²) in [7, 11) is -3.83. The molecule has 25 heavy (non-hydrogen) atoms. The average Bonchev–Trinajstić information content (AvgIpc) is 2.44.